The summed E-state index contributed by atoms with van der Waals surface area (Å²) < 4.78 is 2.04. The van der Waals surface area contributed by atoms with Crippen LogP contribution in [0.15, 0.2) is 17.8 Å². The van der Waals surface area contributed by atoms with Crippen LogP contribution in [-0.2, 0) is 6.42 Å². The van der Waals surface area contributed by atoms with Crippen molar-refractivity contribution in [1.82, 2.24) is 19.7 Å². The van der Waals surface area contributed by atoms with Gasteiger partial charge >= 0.3 is 0 Å². The van der Waals surface area contributed by atoms with E-state index in [4.69, 9.17) is 5.84 Å². The van der Waals surface area contributed by atoms with Gasteiger partial charge in [0.05, 0.1) is 5.69 Å². The third-order valence-corrected chi connectivity index (χ3v) is 3.19. The first-order chi connectivity index (χ1) is 7.69. The van der Waals surface area contributed by atoms with Crippen molar-refractivity contribution in [2.75, 3.05) is 20.6 Å². The Morgan fingerprint density at radius 3 is 3.06 bits per heavy atom. The Balaban J connectivity index is 2.05. The lowest BCUT2D eigenvalue weighted by Gasteiger charge is -2.19. The van der Waals surface area contributed by atoms with Gasteiger partial charge in [0.25, 0.3) is 0 Å². The van der Waals surface area contributed by atoms with E-state index in [2.05, 4.69) is 21.5 Å². The average Bonchev–Trinajstić information content (AvgIpc) is 2.75. The van der Waals surface area contributed by atoms with Crippen molar-refractivity contribution in [1.29, 1.82) is 0 Å². The fraction of sp³-hybridized carbons (Fsp3) is 0.500. The molecule has 0 spiro atoms. The zero-order valence-corrected chi connectivity index (χ0v) is 10.4. The van der Waals surface area contributed by atoms with Gasteiger partial charge in [-0.1, -0.05) is 0 Å². The van der Waals surface area contributed by atoms with Crippen molar-refractivity contribution >= 4 is 16.3 Å². The molecule has 16 heavy (non-hydrogen) atoms. The van der Waals surface area contributed by atoms with Gasteiger partial charge in [0, 0.05) is 36.8 Å². The second kappa shape index (κ2) is 4.92. The summed E-state index contributed by atoms with van der Waals surface area (Å²) in [5, 5.41) is 2.03. The molecule has 0 bridgehead atoms. The zero-order valence-electron chi connectivity index (χ0n) is 9.55. The number of aromatic nitrogens is 2. The van der Waals surface area contributed by atoms with Crippen molar-refractivity contribution in [3.63, 3.8) is 0 Å². The van der Waals surface area contributed by atoms with Crippen LogP contribution < -0.4 is 11.3 Å². The first-order valence-corrected chi connectivity index (χ1v) is 6.09. The number of hydrazine groups is 1. The van der Waals surface area contributed by atoms with Crippen LogP contribution in [0.25, 0.3) is 4.96 Å². The summed E-state index contributed by atoms with van der Waals surface area (Å²) in [6.45, 7) is 0.904. The molecule has 2 aromatic rings. The molecule has 0 radical (unpaired) electrons. The van der Waals surface area contributed by atoms with Gasteiger partial charge in [-0.15, -0.1) is 11.3 Å². The summed E-state index contributed by atoms with van der Waals surface area (Å²) in [5.41, 5.74) is 3.91. The minimum Gasteiger partial charge on any atom is -0.308 e. The molecule has 0 saturated carbocycles. The van der Waals surface area contributed by atoms with E-state index < -0.39 is 0 Å². The quantitative estimate of drug-likeness (QED) is 0.583. The van der Waals surface area contributed by atoms with Crippen molar-refractivity contribution in [3.05, 3.63) is 23.5 Å². The molecule has 2 rings (SSSR count). The Morgan fingerprint density at radius 1 is 1.62 bits per heavy atom. The molecule has 0 aliphatic rings. The minimum atomic E-state index is 0.236. The highest BCUT2D eigenvalue weighted by Gasteiger charge is 2.11. The maximum Gasteiger partial charge on any atom is 0.193 e. The Morgan fingerprint density at radius 2 is 2.44 bits per heavy atom. The third-order valence-electron chi connectivity index (χ3n) is 2.42. The van der Waals surface area contributed by atoms with Crippen LogP contribution in [0.1, 0.15) is 5.69 Å². The number of nitrogens with zero attached hydrogens (tertiary/aromatic N) is 3. The summed E-state index contributed by atoms with van der Waals surface area (Å²) >= 11 is 1.65. The van der Waals surface area contributed by atoms with Gasteiger partial charge in [-0.05, 0) is 14.1 Å². The molecule has 88 valence electrons. The first-order valence-electron chi connectivity index (χ1n) is 5.21. The SMILES string of the molecule is CN(C)CC(Cc1cn2ccsc2n1)NN. The second-order valence-electron chi connectivity index (χ2n) is 4.16. The van der Waals surface area contributed by atoms with Crippen molar-refractivity contribution in [2.24, 2.45) is 5.84 Å². The molecule has 0 saturated heterocycles. The predicted octanol–water partition coefficient (Wildman–Crippen LogP) is 0.332. The van der Waals surface area contributed by atoms with Crippen LogP contribution in [0.2, 0.25) is 0 Å². The molecule has 0 amide bonds. The number of thiazole rings is 1. The number of fused-ring (bicyclic) bond motifs is 1. The molecule has 3 N–H and O–H groups in total. The lowest BCUT2D eigenvalue weighted by molar-refractivity contribution is 0.337. The van der Waals surface area contributed by atoms with E-state index >= 15 is 0 Å². The maximum absolute atomic E-state index is 5.53. The number of hydrogen-bond acceptors (Lipinski definition) is 5. The lowest BCUT2D eigenvalue weighted by Crippen LogP contribution is -2.43. The van der Waals surface area contributed by atoms with Crippen molar-refractivity contribution in [3.8, 4) is 0 Å². The molecular weight excluding hydrogens is 222 g/mol. The zero-order chi connectivity index (χ0) is 11.5. The van der Waals surface area contributed by atoms with Gasteiger partial charge < -0.3 is 4.90 Å². The van der Waals surface area contributed by atoms with E-state index in [9.17, 15) is 0 Å². The van der Waals surface area contributed by atoms with Crippen LogP contribution in [0.3, 0.4) is 0 Å². The fourth-order valence-corrected chi connectivity index (χ4v) is 2.46. The topological polar surface area (TPSA) is 58.6 Å². The Hall–Kier alpha value is -0.950. The molecule has 0 aliphatic carbocycles. The van der Waals surface area contributed by atoms with E-state index in [1.807, 2.05) is 30.1 Å². The number of hydrogen-bond donors (Lipinski definition) is 2. The predicted molar refractivity (Wildman–Crippen MR) is 66.4 cm³/mol. The number of likely N-dealkylation sites (N-methyl/N-ethyl adjacent to an activating group) is 1. The Bertz CT molecular complexity index is 418. The summed E-state index contributed by atoms with van der Waals surface area (Å²) in [7, 11) is 4.08. The van der Waals surface area contributed by atoms with Crippen LogP contribution >= 0.6 is 11.3 Å². The van der Waals surface area contributed by atoms with Crippen LogP contribution in [0, 0.1) is 0 Å². The van der Waals surface area contributed by atoms with Crippen molar-refractivity contribution in [2.45, 2.75) is 12.5 Å². The summed E-state index contributed by atoms with van der Waals surface area (Å²) in [6, 6.07) is 0.236. The number of rotatable bonds is 5. The van der Waals surface area contributed by atoms with Crippen LogP contribution in [0.4, 0.5) is 0 Å². The Labute approximate surface area is 98.9 Å². The van der Waals surface area contributed by atoms with Gasteiger partial charge in [0.15, 0.2) is 4.96 Å². The highest BCUT2D eigenvalue weighted by Crippen LogP contribution is 2.12. The molecule has 0 aromatic carbocycles. The summed E-state index contributed by atoms with van der Waals surface area (Å²) in [4.78, 5) is 7.69. The van der Waals surface area contributed by atoms with E-state index in [1.165, 1.54) is 0 Å². The monoisotopic (exact) mass is 239 g/mol. The van der Waals surface area contributed by atoms with E-state index in [0.29, 0.717) is 0 Å². The minimum absolute atomic E-state index is 0.236. The largest absolute Gasteiger partial charge is 0.308 e. The van der Waals surface area contributed by atoms with Gasteiger partial charge in [-0.3, -0.25) is 15.7 Å². The molecule has 6 heteroatoms. The van der Waals surface area contributed by atoms with Gasteiger partial charge in [0.2, 0.25) is 0 Å². The molecule has 2 aromatic heterocycles. The fourth-order valence-electron chi connectivity index (χ4n) is 1.74. The highest BCUT2D eigenvalue weighted by molar-refractivity contribution is 7.15. The van der Waals surface area contributed by atoms with E-state index in [1.54, 1.807) is 11.3 Å². The van der Waals surface area contributed by atoms with Crippen LogP contribution in [-0.4, -0.2) is 41.0 Å². The number of nitrogens with two attached hydrogens (primary N) is 1. The molecule has 0 aliphatic heterocycles. The average molecular weight is 239 g/mol. The van der Waals surface area contributed by atoms with Crippen molar-refractivity contribution < 1.29 is 0 Å². The van der Waals surface area contributed by atoms with Crippen LogP contribution in [0.5, 0.6) is 0 Å². The standard InChI is InChI=1S/C10H17N5S/c1-14(2)6-9(13-11)5-8-7-15-3-4-16-10(15)12-8/h3-4,7,9,13H,5-6,11H2,1-2H3. The summed E-state index contributed by atoms with van der Waals surface area (Å²) in [5.74, 6) is 5.53. The van der Waals surface area contributed by atoms with Gasteiger partial charge in [-0.25, -0.2) is 4.98 Å². The summed E-state index contributed by atoms with van der Waals surface area (Å²) in [6.07, 6.45) is 4.93. The lowest BCUT2D eigenvalue weighted by atomic mass is 10.1. The first kappa shape index (κ1) is 11.5. The van der Waals surface area contributed by atoms with Gasteiger partial charge in [0.1, 0.15) is 0 Å². The highest BCUT2D eigenvalue weighted by atomic mass is 32.1. The second-order valence-corrected chi connectivity index (χ2v) is 5.03. The van der Waals surface area contributed by atoms with E-state index in [0.717, 1.165) is 23.6 Å². The smallest absolute Gasteiger partial charge is 0.193 e. The van der Waals surface area contributed by atoms with Gasteiger partial charge in [-0.2, -0.15) is 0 Å². The molecule has 2 heterocycles. The third kappa shape index (κ3) is 2.59. The Kier molecular flexibility index (Phi) is 3.55. The molecule has 0 fully saturated rings. The molecule has 5 nitrogen and oxygen atoms in total. The molecular formula is C10H17N5S. The molecule has 1 unspecified atom stereocenters. The maximum atomic E-state index is 5.53. The molecule has 1 atom stereocenters. The normalized spacial score (nSPS) is 13.8. The van der Waals surface area contributed by atoms with E-state index in [-0.39, 0.29) is 6.04 Å². The number of nitrogens with one attached hydrogen (secondary N) is 1. The number of imidazole rings is 1.